The highest BCUT2D eigenvalue weighted by atomic mass is 32.1. The summed E-state index contributed by atoms with van der Waals surface area (Å²) in [5.74, 6) is 0.0364. The van der Waals surface area contributed by atoms with Gasteiger partial charge in [-0.1, -0.05) is 48.5 Å². The molecule has 8 heteroatoms. The van der Waals surface area contributed by atoms with Crippen LogP contribution >= 0.6 is 11.3 Å². The number of hydrogen-bond donors (Lipinski definition) is 0. The smallest absolute Gasteiger partial charge is 0.348 e. The fraction of sp³-hybridized carbons (Fsp3) is 0.212. The maximum Gasteiger partial charge on any atom is 0.348 e. The molecule has 1 aromatic heterocycles. The number of ketones is 1. The van der Waals surface area contributed by atoms with Crippen LogP contribution in [0.15, 0.2) is 66.2 Å². The first kappa shape index (κ1) is 29.1. The van der Waals surface area contributed by atoms with Gasteiger partial charge in [-0.2, -0.15) is 10.5 Å². The number of Topliss-reactive ketones (excluding diaryl/α,β-unsaturated/α-hetero) is 1. The standard InChI is InChI=1S/C33H28N2O5S/c1-4-38-30-16-22(13-14-29(30)40-20-24-11-8-10-23-9-6-7-12-26(23)24)15-25(18-34)28(36)17-31-27(19-35)21(3)32(41-31)33(37)39-5-2/h6-16H,4-5,17,20H2,1-3H3/b25-15+. The van der Waals surface area contributed by atoms with Crippen LogP contribution in [0.3, 0.4) is 0 Å². The van der Waals surface area contributed by atoms with Crippen molar-refractivity contribution in [1.29, 1.82) is 10.5 Å². The Kier molecular flexibility index (Phi) is 9.52. The van der Waals surface area contributed by atoms with Gasteiger partial charge in [0.15, 0.2) is 17.3 Å². The number of nitriles is 2. The molecule has 1 heterocycles. The molecule has 7 nitrogen and oxygen atoms in total. The third-order valence-corrected chi connectivity index (χ3v) is 7.65. The van der Waals surface area contributed by atoms with E-state index in [1.165, 1.54) is 6.08 Å². The molecule has 0 fully saturated rings. The van der Waals surface area contributed by atoms with E-state index in [4.69, 9.17) is 14.2 Å². The third-order valence-electron chi connectivity index (χ3n) is 6.38. The number of esters is 1. The molecule has 0 saturated heterocycles. The summed E-state index contributed by atoms with van der Waals surface area (Å²) in [5, 5.41) is 21.6. The Balaban J connectivity index is 1.56. The van der Waals surface area contributed by atoms with Crippen LogP contribution in [-0.4, -0.2) is 25.0 Å². The summed E-state index contributed by atoms with van der Waals surface area (Å²) in [7, 11) is 0. The van der Waals surface area contributed by atoms with Gasteiger partial charge in [0.05, 0.1) is 24.4 Å². The molecule has 0 amide bonds. The maximum atomic E-state index is 13.1. The highest BCUT2D eigenvalue weighted by Gasteiger charge is 2.23. The summed E-state index contributed by atoms with van der Waals surface area (Å²) in [6, 6.07) is 23.4. The average molecular weight is 565 g/mol. The molecule has 0 radical (unpaired) electrons. The van der Waals surface area contributed by atoms with Crippen LogP contribution in [0.1, 0.15) is 50.7 Å². The third kappa shape index (κ3) is 6.63. The molecule has 3 aromatic carbocycles. The maximum absolute atomic E-state index is 13.1. The van der Waals surface area contributed by atoms with E-state index < -0.39 is 11.8 Å². The van der Waals surface area contributed by atoms with Gasteiger partial charge in [0, 0.05) is 11.3 Å². The Morgan fingerprint density at radius 1 is 0.951 bits per heavy atom. The molecule has 4 rings (SSSR count). The topological polar surface area (TPSA) is 109 Å². The number of hydrogen-bond acceptors (Lipinski definition) is 8. The highest BCUT2D eigenvalue weighted by molar-refractivity contribution is 7.14. The molecular weight excluding hydrogens is 536 g/mol. The van der Waals surface area contributed by atoms with E-state index in [0.717, 1.165) is 27.7 Å². The van der Waals surface area contributed by atoms with Crippen molar-refractivity contribution < 1.29 is 23.8 Å². The van der Waals surface area contributed by atoms with E-state index in [2.05, 4.69) is 24.3 Å². The lowest BCUT2D eigenvalue weighted by Crippen LogP contribution is -2.05. The minimum Gasteiger partial charge on any atom is -0.490 e. The van der Waals surface area contributed by atoms with Crippen molar-refractivity contribution >= 4 is 39.9 Å². The molecule has 206 valence electrons. The number of allylic oxidation sites excluding steroid dienone is 1. The van der Waals surface area contributed by atoms with Crippen molar-refractivity contribution in [1.82, 2.24) is 0 Å². The SMILES string of the molecule is CCOC(=O)c1sc(CC(=O)/C(C#N)=C/c2ccc(OCc3cccc4ccccc34)c(OCC)c2)c(C#N)c1C. The second-order valence-corrected chi connectivity index (χ2v) is 10.1. The van der Waals surface area contributed by atoms with Crippen LogP contribution in [-0.2, 0) is 22.6 Å². The molecule has 4 aromatic rings. The molecule has 0 aliphatic rings. The average Bonchev–Trinajstić information content (AvgIpc) is 3.30. The monoisotopic (exact) mass is 564 g/mol. The first-order valence-electron chi connectivity index (χ1n) is 13.1. The van der Waals surface area contributed by atoms with Gasteiger partial charge in [-0.3, -0.25) is 4.79 Å². The van der Waals surface area contributed by atoms with Crippen LogP contribution < -0.4 is 9.47 Å². The van der Waals surface area contributed by atoms with Crippen LogP contribution in [0.5, 0.6) is 11.5 Å². The lowest BCUT2D eigenvalue weighted by molar-refractivity contribution is -0.114. The Hall–Kier alpha value is -4.92. The number of carbonyl (C=O) groups excluding carboxylic acids is 2. The van der Waals surface area contributed by atoms with Crippen molar-refractivity contribution in [3.05, 3.63) is 98.2 Å². The van der Waals surface area contributed by atoms with Crippen LogP contribution in [0.2, 0.25) is 0 Å². The minimum absolute atomic E-state index is 0.0792. The molecule has 0 saturated carbocycles. The summed E-state index contributed by atoms with van der Waals surface area (Å²) in [6.45, 7) is 6.15. The van der Waals surface area contributed by atoms with Crippen molar-refractivity contribution in [3.63, 3.8) is 0 Å². The molecule has 0 atom stereocenters. The zero-order valence-electron chi connectivity index (χ0n) is 23.0. The Bertz CT molecular complexity index is 1720. The molecule has 0 N–H and O–H groups in total. The zero-order chi connectivity index (χ0) is 29.4. The molecule has 0 aliphatic carbocycles. The molecule has 0 bridgehead atoms. The number of ether oxygens (including phenoxy) is 3. The zero-order valence-corrected chi connectivity index (χ0v) is 23.8. The number of benzene rings is 3. The van der Waals surface area contributed by atoms with Gasteiger partial charge in [-0.15, -0.1) is 11.3 Å². The van der Waals surface area contributed by atoms with Crippen molar-refractivity contribution in [2.45, 2.75) is 33.8 Å². The van der Waals surface area contributed by atoms with Gasteiger partial charge < -0.3 is 14.2 Å². The quantitative estimate of drug-likeness (QED) is 0.110. The van der Waals surface area contributed by atoms with Crippen LogP contribution in [0.4, 0.5) is 0 Å². The Morgan fingerprint density at radius 3 is 2.46 bits per heavy atom. The Labute approximate surface area is 242 Å². The van der Waals surface area contributed by atoms with Gasteiger partial charge in [0.1, 0.15) is 23.6 Å². The number of carbonyl (C=O) groups is 2. The van der Waals surface area contributed by atoms with E-state index >= 15 is 0 Å². The second-order valence-electron chi connectivity index (χ2n) is 9.02. The van der Waals surface area contributed by atoms with E-state index in [1.807, 2.05) is 37.3 Å². The van der Waals surface area contributed by atoms with Crippen molar-refractivity contribution in [2.75, 3.05) is 13.2 Å². The fourth-order valence-electron chi connectivity index (χ4n) is 4.39. The molecule has 41 heavy (non-hydrogen) atoms. The van der Waals surface area contributed by atoms with Crippen molar-refractivity contribution in [2.24, 2.45) is 0 Å². The largest absolute Gasteiger partial charge is 0.490 e. The number of thiophene rings is 1. The fourth-order valence-corrected chi connectivity index (χ4v) is 5.54. The first-order valence-corrected chi connectivity index (χ1v) is 13.9. The predicted octanol–water partition coefficient (Wildman–Crippen LogP) is 6.95. The molecule has 0 unspecified atom stereocenters. The number of nitrogens with zero attached hydrogens (tertiary/aromatic N) is 2. The molecular formula is C33H28N2O5S. The van der Waals surface area contributed by atoms with Crippen LogP contribution in [0.25, 0.3) is 16.8 Å². The van der Waals surface area contributed by atoms with Gasteiger partial charge >= 0.3 is 5.97 Å². The van der Waals surface area contributed by atoms with E-state index in [-0.39, 0.29) is 29.0 Å². The van der Waals surface area contributed by atoms with Crippen LogP contribution in [0, 0.1) is 29.6 Å². The summed E-state index contributed by atoms with van der Waals surface area (Å²) in [4.78, 5) is 26.1. The number of rotatable bonds is 11. The van der Waals surface area contributed by atoms with E-state index in [9.17, 15) is 20.1 Å². The molecule has 0 spiro atoms. The summed E-state index contributed by atoms with van der Waals surface area (Å²) >= 11 is 1.05. The van der Waals surface area contributed by atoms with Gasteiger partial charge in [-0.25, -0.2) is 4.79 Å². The molecule has 0 aliphatic heterocycles. The van der Waals surface area contributed by atoms with Gasteiger partial charge in [-0.05, 0) is 66.4 Å². The highest BCUT2D eigenvalue weighted by Crippen LogP contribution is 2.32. The summed E-state index contributed by atoms with van der Waals surface area (Å²) in [6.07, 6.45) is 1.30. The van der Waals surface area contributed by atoms with Crippen molar-refractivity contribution in [3.8, 4) is 23.6 Å². The van der Waals surface area contributed by atoms with Gasteiger partial charge in [0.2, 0.25) is 0 Å². The normalized spacial score (nSPS) is 11.0. The van der Waals surface area contributed by atoms with E-state index in [0.29, 0.717) is 40.7 Å². The first-order chi connectivity index (χ1) is 19.9. The summed E-state index contributed by atoms with van der Waals surface area (Å²) in [5.41, 5.74) is 2.28. The lowest BCUT2D eigenvalue weighted by Gasteiger charge is -2.14. The summed E-state index contributed by atoms with van der Waals surface area (Å²) < 4.78 is 17.0. The van der Waals surface area contributed by atoms with E-state index in [1.54, 1.807) is 32.0 Å². The predicted molar refractivity (Wildman–Crippen MR) is 158 cm³/mol. The minimum atomic E-state index is -0.535. The lowest BCUT2D eigenvalue weighted by atomic mass is 10.0. The number of fused-ring (bicyclic) bond motifs is 1. The van der Waals surface area contributed by atoms with Gasteiger partial charge in [0.25, 0.3) is 0 Å². The second kappa shape index (κ2) is 13.4. The Morgan fingerprint density at radius 2 is 1.73 bits per heavy atom.